The number of ether oxygens (including phenoxy) is 1. The smallest absolute Gasteiger partial charge is 0.407 e. The second-order valence-electron chi connectivity index (χ2n) is 8.02. The van der Waals surface area contributed by atoms with Crippen molar-refractivity contribution in [2.24, 2.45) is 10.9 Å². The summed E-state index contributed by atoms with van der Waals surface area (Å²) in [7, 11) is 0. The van der Waals surface area contributed by atoms with Gasteiger partial charge in [-0.2, -0.15) is 0 Å². The number of piperidine rings is 1. The van der Waals surface area contributed by atoms with E-state index in [0.717, 1.165) is 12.8 Å². The number of amides is 1. The number of likely N-dealkylation sites (tertiary alicyclic amines) is 1. The first-order valence-corrected chi connectivity index (χ1v) is 9.26. The standard InChI is InChI=1S/C19H26N4O4/c1-19(2,3)27-18(24)21-13-7-6-10-22(12-13)17-14-8-4-5-9-15(14)20-11-16(17)23(25)26/h4-5,8-9,11,13-15H,6-7,10,12H2,1-3H3,(H,21,24)/t13-,14?,15?/m0/s1. The molecule has 1 aliphatic carbocycles. The van der Waals surface area contributed by atoms with Crippen LogP contribution < -0.4 is 5.32 Å². The molecule has 146 valence electrons. The van der Waals surface area contributed by atoms with E-state index in [0.29, 0.717) is 18.8 Å². The molecule has 2 heterocycles. The Morgan fingerprint density at radius 3 is 2.81 bits per heavy atom. The summed E-state index contributed by atoms with van der Waals surface area (Å²) in [4.78, 5) is 29.7. The van der Waals surface area contributed by atoms with E-state index in [-0.39, 0.29) is 28.6 Å². The van der Waals surface area contributed by atoms with Crippen molar-refractivity contribution < 1.29 is 14.5 Å². The number of nitrogens with zero attached hydrogens (tertiary/aromatic N) is 3. The van der Waals surface area contributed by atoms with Crippen molar-refractivity contribution in [2.75, 3.05) is 13.1 Å². The molecule has 1 fully saturated rings. The average molecular weight is 374 g/mol. The van der Waals surface area contributed by atoms with Crippen molar-refractivity contribution in [1.82, 2.24) is 10.2 Å². The Balaban J connectivity index is 1.78. The number of carbonyl (C=O) groups is 1. The van der Waals surface area contributed by atoms with Crippen LogP contribution in [0.4, 0.5) is 4.79 Å². The molecule has 8 nitrogen and oxygen atoms in total. The largest absolute Gasteiger partial charge is 0.444 e. The third-order valence-corrected chi connectivity index (χ3v) is 4.73. The predicted octanol–water partition coefficient (Wildman–Crippen LogP) is 2.66. The maximum atomic E-state index is 12.1. The minimum atomic E-state index is -0.563. The number of hydrogen-bond acceptors (Lipinski definition) is 6. The van der Waals surface area contributed by atoms with Crippen molar-refractivity contribution in [3.05, 3.63) is 45.8 Å². The fourth-order valence-corrected chi connectivity index (χ4v) is 3.69. The lowest BCUT2D eigenvalue weighted by atomic mass is 9.87. The highest BCUT2D eigenvalue weighted by Gasteiger charge is 2.38. The zero-order valence-corrected chi connectivity index (χ0v) is 15.9. The molecular formula is C19H26N4O4. The van der Waals surface area contributed by atoms with E-state index < -0.39 is 11.7 Å². The van der Waals surface area contributed by atoms with E-state index in [9.17, 15) is 14.9 Å². The molecule has 0 aromatic heterocycles. The van der Waals surface area contributed by atoms with Crippen LogP contribution in [0.5, 0.6) is 0 Å². The van der Waals surface area contributed by atoms with Gasteiger partial charge in [0.05, 0.1) is 16.9 Å². The van der Waals surface area contributed by atoms with E-state index in [4.69, 9.17) is 4.74 Å². The Labute approximate surface area is 158 Å². The Hall–Kier alpha value is -2.64. The number of alkyl carbamates (subject to hydrolysis) is 1. The fraction of sp³-hybridized carbons (Fsp3) is 0.579. The summed E-state index contributed by atoms with van der Waals surface area (Å²) in [6.45, 7) is 6.68. The number of hydrogen-bond donors (Lipinski definition) is 1. The number of fused-ring (bicyclic) bond motifs is 1. The number of allylic oxidation sites excluding steroid dienone is 3. The van der Waals surface area contributed by atoms with Crippen molar-refractivity contribution in [3.63, 3.8) is 0 Å². The van der Waals surface area contributed by atoms with Crippen LogP contribution >= 0.6 is 0 Å². The maximum absolute atomic E-state index is 12.1. The van der Waals surface area contributed by atoms with Gasteiger partial charge in [-0.25, -0.2) is 4.79 Å². The van der Waals surface area contributed by atoms with Crippen LogP contribution in [0.3, 0.4) is 0 Å². The average Bonchev–Trinajstić information content (AvgIpc) is 2.59. The van der Waals surface area contributed by atoms with Gasteiger partial charge in [-0.15, -0.1) is 0 Å². The molecule has 3 rings (SSSR count). The lowest BCUT2D eigenvalue weighted by Gasteiger charge is -2.39. The van der Waals surface area contributed by atoms with Crippen LogP contribution in [-0.4, -0.2) is 52.9 Å². The second kappa shape index (κ2) is 7.54. The number of nitro groups is 1. The first kappa shape index (κ1) is 19.1. The van der Waals surface area contributed by atoms with Gasteiger partial charge in [0.1, 0.15) is 17.5 Å². The van der Waals surface area contributed by atoms with Crippen LogP contribution in [0, 0.1) is 16.0 Å². The van der Waals surface area contributed by atoms with Gasteiger partial charge < -0.3 is 15.0 Å². The first-order valence-electron chi connectivity index (χ1n) is 9.26. The summed E-state index contributed by atoms with van der Waals surface area (Å²) in [5.74, 6) is -0.152. The Morgan fingerprint density at radius 1 is 1.37 bits per heavy atom. The third-order valence-electron chi connectivity index (χ3n) is 4.73. The zero-order valence-electron chi connectivity index (χ0n) is 15.9. The number of aliphatic imine (C=N–C) groups is 1. The lowest BCUT2D eigenvalue weighted by Crippen LogP contribution is -2.50. The highest BCUT2D eigenvalue weighted by atomic mass is 16.6. The van der Waals surface area contributed by atoms with Gasteiger partial charge >= 0.3 is 11.8 Å². The highest BCUT2D eigenvalue weighted by Crippen LogP contribution is 2.33. The highest BCUT2D eigenvalue weighted by molar-refractivity contribution is 5.78. The summed E-state index contributed by atoms with van der Waals surface area (Å²) in [6.07, 6.45) is 10.3. The Morgan fingerprint density at radius 2 is 2.11 bits per heavy atom. The van der Waals surface area contributed by atoms with Crippen LogP contribution in [0.25, 0.3) is 0 Å². The van der Waals surface area contributed by atoms with Gasteiger partial charge in [-0.3, -0.25) is 15.1 Å². The minimum Gasteiger partial charge on any atom is -0.444 e. The van der Waals surface area contributed by atoms with E-state index in [2.05, 4.69) is 10.3 Å². The lowest BCUT2D eigenvalue weighted by molar-refractivity contribution is -0.417. The molecular weight excluding hydrogens is 348 g/mol. The molecule has 0 spiro atoms. The van der Waals surface area contributed by atoms with Crippen molar-refractivity contribution in [1.29, 1.82) is 0 Å². The summed E-state index contributed by atoms with van der Waals surface area (Å²) < 4.78 is 5.34. The van der Waals surface area contributed by atoms with E-state index >= 15 is 0 Å². The summed E-state index contributed by atoms with van der Waals surface area (Å²) in [5.41, 5.74) is 0.150. The van der Waals surface area contributed by atoms with E-state index in [1.54, 1.807) is 0 Å². The predicted molar refractivity (Wildman–Crippen MR) is 102 cm³/mol. The number of dihydropyridines is 1. The molecule has 1 saturated heterocycles. The quantitative estimate of drug-likeness (QED) is 0.605. The number of nitrogens with one attached hydrogen (secondary N) is 1. The summed E-state index contributed by atoms with van der Waals surface area (Å²) in [5, 5.41) is 14.5. The minimum absolute atomic E-state index is 0.0362. The van der Waals surface area contributed by atoms with Gasteiger partial charge in [0.15, 0.2) is 0 Å². The second-order valence-corrected chi connectivity index (χ2v) is 8.02. The molecule has 0 aromatic carbocycles. The first-order chi connectivity index (χ1) is 12.7. The molecule has 0 aromatic rings. The van der Waals surface area contributed by atoms with Crippen molar-refractivity contribution in [2.45, 2.75) is 51.3 Å². The molecule has 1 N–H and O–H groups in total. The Bertz CT molecular complexity index is 732. The summed E-state index contributed by atoms with van der Waals surface area (Å²) in [6, 6.07) is -0.234. The third kappa shape index (κ3) is 4.56. The fourth-order valence-electron chi connectivity index (χ4n) is 3.69. The molecule has 3 aliphatic rings. The van der Waals surface area contributed by atoms with E-state index in [1.165, 1.54) is 6.21 Å². The van der Waals surface area contributed by atoms with Crippen molar-refractivity contribution in [3.8, 4) is 0 Å². The van der Waals surface area contributed by atoms with Gasteiger partial charge in [0.2, 0.25) is 0 Å². The molecule has 27 heavy (non-hydrogen) atoms. The van der Waals surface area contributed by atoms with Crippen LogP contribution in [0.1, 0.15) is 33.6 Å². The normalized spacial score (nSPS) is 27.4. The van der Waals surface area contributed by atoms with Crippen molar-refractivity contribution >= 4 is 12.3 Å². The molecule has 0 bridgehead atoms. The zero-order chi connectivity index (χ0) is 19.6. The van der Waals surface area contributed by atoms with Gasteiger partial charge in [0.25, 0.3) is 0 Å². The molecule has 0 radical (unpaired) electrons. The molecule has 0 saturated carbocycles. The molecule has 2 unspecified atom stereocenters. The molecule has 8 heteroatoms. The topological polar surface area (TPSA) is 97.1 Å². The van der Waals surface area contributed by atoms with Crippen LogP contribution in [0.15, 0.2) is 40.7 Å². The van der Waals surface area contributed by atoms with Crippen LogP contribution in [0.2, 0.25) is 0 Å². The van der Waals surface area contributed by atoms with Crippen LogP contribution in [-0.2, 0) is 4.74 Å². The molecule has 1 amide bonds. The summed E-state index contributed by atoms with van der Waals surface area (Å²) >= 11 is 0. The molecule has 2 aliphatic heterocycles. The number of rotatable bonds is 3. The SMILES string of the molecule is CC(C)(C)OC(=O)N[C@H]1CCCN(C2=C([N+](=O)[O-])C=NC3C=CC=CC23)C1. The van der Waals surface area contributed by atoms with Gasteiger partial charge in [-0.05, 0) is 33.6 Å². The molecule has 3 atom stereocenters. The Kier molecular flexibility index (Phi) is 5.34. The van der Waals surface area contributed by atoms with E-state index in [1.807, 2.05) is 50.0 Å². The maximum Gasteiger partial charge on any atom is 0.407 e. The van der Waals surface area contributed by atoms with Gasteiger partial charge in [0, 0.05) is 19.1 Å². The van der Waals surface area contributed by atoms with Gasteiger partial charge in [-0.1, -0.05) is 24.3 Å². The number of carbonyl (C=O) groups excluding carboxylic acids is 1. The monoisotopic (exact) mass is 374 g/mol.